The topological polar surface area (TPSA) is 26.0 Å². The smallest absolute Gasteiger partial charge is 0.327 e. The summed E-state index contributed by atoms with van der Waals surface area (Å²) in [5.41, 5.74) is 6.32. The second-order valence-corrected chi connectivity index (χ2v) is 7.20. The maximum Gasteiger partial charge on any atom is 0.392 e. The van der Waals surface area contributed by atoms with Gasteiger partial charge in [-0.05, 0) is 49.4 Å². The van der Waals surface area contributed by atoms with Crippen LogP contribution in [0.5, 0.6) is 0 Å². The van der Waals surface area contributed by atoms with Crippen molar-refractivity contribution < 1.29 is 13.2 Å². The molecule has 1 nitrogen and oxygen atoms in total. The molecular weight excluding hydrogens is 263 g/mol. The fourth-order valence-electron chi connectivity index (χ4n) is 4.32. The van der Waals surface area contributed by atoms with E-state index in [1.807, 2.05) is 0 Å². The zero-order valence-electron chi connectivity index (χ0n) is 12.6. The highest BCUT2D eigenvalue weighted by Gasteiger charge is 2.48. The third kappa shape index (κ3) is 3.49. The fourth-order valence-corrected chi connectivity index (χ4v) is 4.32. The summed E-state index contributed by atoms with van der Waals surface area (Å²) >= 11 is 0. The van der Waals surface area contributed by atoms with Crippen molar-refractivity contribution in [1.82, 2.24) is 0 Å². The lowest BCUT2D eigenvalue weighted by Crippen LogP contribution is -2.48. The Morgan fingerprint density at radius 2 is 1.60 bits per heavy atom. The van der Waals surface area contributed by atoms with Crippen LogP contribution in [0.3, 0.4) is 0 Å². The van der Waals surface area contributed by atoms with E-state index in [9.17, 15) is 13.2 Å². The maximum atomic E-state index is 13.2. The second-order valence-electron chi connectivity index (χ2n) is 7.20. The zero-order chi connectivity index (χ0) is 14.9. The lowest BCUT2D eigenvalue weighted by molar-refractivity contribution is -0.200. The number of alkyl halides is 3. The molecule has 6 unspecified atom stereocenters. The van der Waals surface area contributed by atoms with Crippen LogP contribution in [0.2, 0.25) is 0 Å². The summed E-state index contributed by atoms with van der Waals surface area (Å²) in [4.78, 5) is 0. The van der Waals surface area contributed by atoms with Gasteiger partial charge in [0.25, 0.3) is 0 Å². The molecule has 0 bridgehead atoms. The molecule has 0 aromatic rings. The van der Waals surface area contributed by atoms with Gasteiger partial charge in [-0.3, -0.25) is 0 Å². The normalized spacial score (nSPS) is 41.4. The number of hydrogen-bond acceptors (Lipinski definition) is 1. The monoisotopic (exact) mass is 291 g/mol. The summed E-state index contributed by atoms with van der Waals surface area (Å²) in [7, 11) is 0. The van der Waals surface area contributed by atoms with Crippen molar-refractivity contribution >= 4 is 0 Å². The molecule has 2 saturated carbocycles. The Morgan fingerprint density at radius 1 is 0.950 bits per heavy atom. The molecule has 0 saturated heterocycles. The summed E-state index contributed by atoms with van der Waals surface area (Å²) in [6, 6.07) is -0.267. The minimum Gasteiger partial charge on any atom is -0.327 e. The first kappa shape index (κ1) is 16.1. The Morgan fingerprint density at radius 3 is 2.20 bits per heavy atom. The van der Waals surface area contributed by atoms with E-state index in [1.165, 1.54) is 0 Å². The highest BCUT2D eigenvalue weighted by Crippen LogP contribution is 2.46. The van der Waals surface area contributed by atoms with Crippen molar-refractivity contribution in [2.45, 2.75) is 71.0 Å². The van der Waals surface area contributed by atoms with E-state index < -0.39 is 12.1 Å². The molecule has 2 fully saturated rings. The summed E-state index contributed by atoms with van der Waals surface area (Å²) in [6.07, 6.45) is 1.60. The van der Waals surface area contributed by atoms with Gasteiger partial charge in [0.2, 0.25) is 0 Å². The molecule has 0 aliphatic heterocycles. The summed E-state index contributed by atoms with van der Waals surface area (Å²) in [5.74, 6) is 0.0420. The molecule has 0 radical (unpaired) electrons. The molecule has 0 amide bonds. The van der Waals surface area contributed by atoms with E-state index in [-0.39, 0.29) is 24.3 Å². The van der Waals surface area contributed by atoms with Gasteiger partial charge in [0.1, 0.15) is 0 Å². The number of hydrogen-bond donors (Lipinski definition) is 1. The third-order valence-corrected chi connectivity index (χ3v) is 5.92. The minimum atomic E-state index is -4.07. The molecule has 0 aromatic heterocycles. The second kappa shape index (κ2) is 6.25. The first-order chi connectivity index (χ1) is 9.30. The Bertz CT molecular complexity index is 315. The third-order valence-electron chi connectivity index (χ3n) is 5.92. The van der Waals surface area contributed by atoms with Crippen LogP contribution in [-0.4, -0.2) is 12.2 Å². The largest absolute Gasteiger partial charge is 0.392 e. The van der Waals surface area contributed by atoms with Crippen molar-refractivity contribution in [3.63, 3.8) is 0 Å². The van der Waals surface area contributed by atoms with Crippen LogP contribution in [0.4, 0.5) is 13.2 Å². The van der Waals surface area contributed by atoms with Crippen LogP contribution in [0.1, 0.15) is 58.8 Å². The summed E-state index contributed by atoms with van der Waals surface area (Å²) < 4.78 is 39.6. The molecule has 4 heteroatoms. The maximum absolute atomic E-state index is 13.2. The van der Waals surface area contributed by atoms with E-state index in [4.69, 9.17) is 5.73 Å². The molecular formula is C16H28F3N. The minimum absolute atomic E-state index is 0.267. The number of nitrogens with two attached hydrogens (primary N) is 1. The van der Waals surface area contributed by atoms with Gasteiger partial charge < -0.3 is 5.73 Å². The Balaban J connectivity index is 2.04. The van der Waals surface area contributed by atoms with Gasteiger partial charge in [0.05, 0.1) is 5.92 Å². The van der Waals surface area contributed by atoms with Crippen LogP contribution < -0.4 is 5.73 Å². The summed E-state index contributed by atoms with van der Waals surface area (Å²) in [5, 5.41) is 0. The molecule has 2 rings (SSSR count). The Kier molecular flexibility index (Phi) is 5.04. The molecule has 0 heterocycles. The molecule has 118 valence electrons. The predicted molar refractivity (Wildman–Crippen MR) is 75.1 cm³/mol. The molecule has 2 aliphatic rings. The van der Waals surface area contributed by atoms with Gasteiger partial charge in [-0.15, -0.1) is 0 Å². The van der Waals surface area contributed by atoms with E-state index in [0.29, 0.717) is 24.7 Å². The lowest BCUT2D eigenvalue weighted by Gasteiger charge is -2.43. The van der Waals surface area contributed by atoms with Gasteiger partial charge in [-0.1, -0.05) is 33.1 Å². The van der Waals surface area contributed by atoms with Crippen LogP contribution >= 0.6 is 0 Å². The molecule has 2 N–H and O–H groups in total. The van der Waals surface area contributed by atoms with Crippen molar-refractivity contribution in [1.29, 1.82) is 0 Å². The highest BCUT2D eigenvalue weighted by molar-refractivity contribution is 4.92. The molecule has 0 spiro atoms. The molecule has 6 atom stereocenters. The number of halogens is 3. The average molecular weight is 291 g/mol. The van der Waals surface area contributed by atoms with Crippen LogP contribution in [0.15, 0.2) is 0 Å². The van der Waals surface area contributed by atoms with E-state index in [1.54, 1.807) is 0 Å². The summed E-state index contributed by atoms with van der Waals surface area (Å²) in [6.45, 7) is 4.46. The van der Waals surface area contributed by atoms with Crippen molar-refractivity contribution in [2.75, 3.05) is 0 Å². The van der Waals surface area contributed by atoms with Crippen molar-refractivity contribution in [3.8, 4) is 0 Å². The Labute approximate surface area is 120 Å². The first-order valence-electron chi connectivity index (χ1n) is 8.13. The van der Waals surface area contributed by atoms with Crippen molar-refractivity contribution in [2.24, 2.45) is 35.3 Å². The SMILES string of the molecule is CC1CCC(C(N)C2CCCCC2C(F)(F)F)CC1C. The van der Waals surface area contributed by atoms with Gasteiger partial charge >= 0.3 is 6.18 Å². The van der Waals surface area contributed by atoms with Gasteiger partial charge in [0, 0.05) is 6.04 Å². The Hall–Kier alpha value is -0.250. The van der Waals surface area contributed by atoms with Gasteiger partial charge in [-0.2, -0.15) is 13.2 Å². The number of rotatable bonds is 2. The lowest BCUT2D eigenvalue weighted by atomic mass is 9.66. The average Bonchev–Trinajstić information content (AvgIpc) is 2.40. The first-order valence-corrected chi connectivity index (χ1v) is 8.13. The highest BCUT2D eigenvalue weighted by atomic mass is 19.4. The van der Waals surface area contributed by atoms with Crippen LogP contribution in [0.25, 0.3) is 0 Å². The van der Waals surface area contributed by atoms with E-state index in [0.717, 1.165) is 25.7 Å². The standard InChI is InChI=1S/C16H28F3N/c1-10-7-8-12(9-11(10)2)15(20)13-5-3-4-6-14(13)16(17,18)19/h10-15H,3-9,20H2,1-2H3. The predicted octanol–water partition coefficient (Wildman–Crippen LogP) is 4.75. The van der Waals surface area contributed by atoms with Crippen LogP contribution in [-0.2, 0) is 0 Å². The van der Waals surface area contributed by atoms with Gasteiger partial charge in [0.15, 0.2) is 0 Å². The quantitative estimate of drug-likeness (QED) is 0.780. The van der Waals surface area contributed by atoms with Crippen LogP contribution in [0, 0.1) is 29.6 Å². The molecule has 20 heavy (non-hydrogen) atoms. The van der Waals surface area contributed by atoms with Crippen molar-refractivity contribution in [3.05, 3.63) is 0 Å². The van der Waals surface area contributed by atoms with Gasteiger partial charge in [-0.25, -0.2) is 0 Å². The molecule has 0 aromatic carbocycles. The molecule has 2 aliphatic carbocycles. The van der Waals surface area contributed by atoms with E-state index >= 15 is 0 Å². The zero-order valence-corrected chi connectivity index (χ0v) is 12.6. The van der Waals surface area contributed by atoms with E-state index in [2.05, 4.69) is 13.8 Å². The fraction of sp³-hybridized carbons (Fsp3) is 1.00.